The Morgan fingerprint density at radius 1 is 1.21 bits per heavy atom. The number of hydrogen-bond acceptors (Lipinski definition) is 2. The molecule has 19 heavy (non-hydrogen) atoms. The van der Waals surface area contributed by atoms with Crippen molar-refractivity contribution in [3.05, 3.63) is 29.8 Å². The highest BCUT2D eigenvalue weighted by Crippen LogP contribution is 2.25. The molecule has 3 heteroatoms. The van der Waals surface area contributed by atoms with Gasteiger partial charge in [0.25, 0.3) is 5.91 Å². The second kappa shape index (κ2) is 6.60. The van der Waals surface area contributed by atoms with Gasteiger partial charge in [-0.15, -0.1) is 0 Å². The van der Waals surface area contributed by atoms with Gasteiger partial charge >= 0.3 is 0 Å². The highest BCUT2D eigenvalue weighted by molar-refractivity contribution is 5.99. The fraction of sp³-hybridized carbons (Fsp3) is 0.562. The van der Waals surface area contributed by atoms with E-state index >= 15 is 0 Å². The molecule has 3 nitrogen and oxygen atoms in total. The summed E-state index contributed by atoms with van der Waals surface area (Å²) in [6.45, 7) is 2.12. The Kier molecular flexibility index (Phi) is 4.83. The van der Waals surface area contributed by atoms with Gasteiger partial charge in [-0.2, -0.15) is 0 Å². The highest BCUT2D eigenvalue weighted by atomic mass is 16.1. The Morgan fingerprint density at radius 2 is 1.84 bits per heavy atom. The number of para-hydroxylation sites is 1. The minimum absolute atomic E-state index is 0.0464. The average molecular weight is 260 g/mol. The van der Waals surface area contributed by atoms with Crippen LogP contribution in [0.2, 0.25) is 0 Å². The Morgan fingerprint density at radius 3 is 2.47 bits per heavy atom. The van der Waals surface area contributed by atoms with Crippen LogP contribution in [0.15, 0.2) is 24.3 Å². The molecule has 0 unspecified atom stereocenters. The lowest BCUT2D eigenvalue weighted by Gasteiger charge is -2.23. The predicted molar refractivity (Wildman–Crippen MR) is 79.0 cm³/mol. The third kappa shape index (κ3) is 3.72. The van der Waals surface area contributed by atoms with Crippen molar-refractivity contribution in [2.75, 3.05) is 5.73 Å². The molecule has 0 spiro atoms. The summed E-state index contributed by atoms with van der Waals surface area (Å²) >= 11 is 0. The molecule has 3 N–H and O–H groups in total. The standard InChI is InChI=1S/C16H24N2O/c1-12(13-8-4-2-3-5-9-13)18-16(19)14-10-6-7-11-15(14)17/h6-7,10-13H,2-5,8-9,17H2,1H3,(H,18,19)/t12-/m0/s1. The molecule has 1 aliphatic rings. The van der Waals surface area contributed by atoms with Gasteiger partial charge in [0.2, 0.25) is 0 Å². The highest BCUT2D eigenvalue weighted by Gasteiger charge is 2.21. The van der Waals surface area contributed by atoms with Gasteiger partial charge in [0.15, 0.2) is 0 Å². The largest absolute Gasteiger partial charge is 0.398 e. The average Bonchev–Trinajstić information content (AvgIpc) is 2.68. The number of nitrogens with one attached hydrogen (secondary N) is 1. The van der Waals surface area contributed by atoms with Crippen LogP contribution >= 0.6 is 0 Å². The lowest BCUT2D eigenvalue weighted by Crippen LogP contribution is -2.38. The first-order chi connectivity index (χ1) is 9.18. The predicted octanol–water partition coefficient (Wildman–Crippen LogP) is 3.36. The summed E-state index contributed by atoms with van der Waals surface area (Å²) in [5, 5.41) is 3.12. The first-order valence-electron chi connectivity index (χ1n) is 7.34. The molecule has 0 bridgehead atoms. The van der Waals surface area contributed by atoms with E-state index in [0.717, 1.165) is 0 Å². The molecule has 0 aliphatic heterocycles. The Bertz CT molecular complexity index is 423. The fourth-order valence-electron chi connectivity index (χ4n) is 2.92. The minimum atomic E-state index is -0.0464. The zero-order valence-electron chi connectivity index (χ0n) is 11.7. The van der Waals surface area contributed by atoms with E-state index in [-0.39, 0.29) is 11.9 Å². The van der Waals surface area contributed by atoms with Crippen LogP contribution < -0.4 is 11.1 Å². The number of anilines is 1. The van der Waals surface area contributed by atoms with Crippen molar-refractivity contribution in [2.24, 2.45) is 5.92 Å². The number of rotatable bonds is 3. The Hall–Kier alpha value is -1.51. The Labute approximate surface area is 115 Å². The molecule has 1 aliphatic carbocycles. The van der Waals surface area contributed by atoms with Crippen molar-refractivity contribution in [1.29, 1.82) is 0 Å². The number of amides is 1. The summed E-state index contributed by atoms with van der Waals surface area (Å²) in [6.07, 6.45) is 7.71. The van der Waals surface area contributed by atoms with E-state index in [1.165, 1.54) is 38.5 Å². The summed E-state index contributed by atoms with van der Waals surface area (Å²) < 4.78 is 0. The van der Waals surface area contributed by atoms with Gasteiger partial charge in [-0.3, -0.25) is 4.79 Å². The van der Waals surface area contributed by atoms with Gasteiger partial charge in [-0.25, -0.2) is 0 Å². The summed E-state index contributed by atoms with van der Waals surface area (Å²) in [7, 11) is 0. The van der Waals surface area contributed by atoms with Crippen LogP contribution in [-0.2, 0) is 0 Å². The van der Waals surface area contributed by atoms with E-state index < -0.39 is 0 Å². The van der Waals surface area contributed by atoms with Crippen LogP contribution in [0.25, 0.3) is 0 Å². The molecule has 0 aromatic heterocycles. The maximum absolute atomic E-state index is 12.2. The summed E-state index contributed by atoms with van der Waals surface area (Å²) in [6, 6.07) is 7.48. The number of nitrogens with two attached hydrogens (primary N) is 1. The molecular formula is C16H24N2O. The van der Waals surface area contributed by atoms with Gasteiger partial charge in [0.05, 0.1) is 5.56 Å². The first kappa shape index (κ1) is 13.9. The van der Waals surface area contributed by atoms with Crippen LogP contribution in [0.4, 0.5) is 5.69 Å². The molecule has 1 aromatic rings. The van der Waals surface area contributed by atoms with E-state index in [2.05, 4.69) is 12.2 Å². The van der Waals surface area contributed by atoms with E-state index in [4.69, 9.17) is 5.73 Å². The molecule has 0 saturated heterocycles. The maximum atomic E-state index is 12.2. The lowest BCUT2D eigenvalue weighted by atomic mass is 9.93. The van der Waals surface area contributed by atoms with Gasteiger partial charge in [0, 0.05) is 11.7 Å². The number of benzene rings is 1. The van der Waals surface area contributed by atoms with Crippen LogP contribution in [0.3, 0.4) is 0 Å². The second-order valence-electron chi connectivity index (χ2n) is 5.60. The molecule has 1 fully saturated rings. The molecule has 104 valence electrons. The summed E-state index contributed by atoms with van der Waals surface area (Å²) in [5.74, 6) is 0.561. The minimum Gasteiger partial charge on any atom is -0.398 e. The third-order valence-corrected chi connectivity index (χ3v) is 4.17. The second-order valence-corrected chi connectivity index (χ2v) is 5.60. The topological polar surface area (TPSA) is 55.1 Å². The smallest absolute Gasteiger partial charge is 0.253 e. The van der Waals surface area contributed by atoms with Gasteiger partial charge in [-0.1, -0.05) is 37.8 Å². The third-order valence-electron chi connectivity index (χ3n) is 4.17. The number of carbonyl (C=O) groups excluding carboxylic acids is 1. The van der Waals surface area contributed by atoms with Crippen molar-refractivity contribution < 1.29 is 4.79 Å². The molecule has 2 rings (SSSR count). The van der Waals surface area contributed by atoms with E-state index in [9.17, 15) is 4.79 Å². The van der Waals surface area contributed by atoms with Crippen LogP contribution in [0, 0.1) is 5.92 Å². The number of carbonyl (C=O) groups is 1. The van der Waals surface area contributed by atoms with E-state index in [1.54, 1.807) is 12.1 Å². The van der Waals surface area contributed by atoms with Crippen molar-refractivity contribution in [2.45, 2.75) is 51.5 Å². The van der Waals surface area contributed by atoms with Crippen LogP contribution in [0.1, 0.15) is 55.8 Å². The lowest BCUT2D eigenvalue weighted by molar-refractivity contribution is 0.0925. The van der Waals surface area contributed by atoms with Gasteiger partial charge in [0.1, 0.15) is 0 Å². The van der Waals surface area contributed by atoms with Crippen molar-refractivity contribution in [3.63, 3.8) is 0 Å². The van der Waals surface area contributed by atoms with Crippen molar-refractivity contribution >= 4 is 11.6 Å². The zero-order chi connectivity index (χ0) is 13.7. The van der Waals surface area contributed by atoms with Crippen LogP contribution in [0.5, 0.6) is 0 Å². The SMILES string of the molecule is C[C@H](NC(=O)c1ccccc1N)C1CCCCCC1. The normalized spacial score (nSPS) is 18.6. The maximum Gasteiger partial charge on any atom is 0.253 e. The van der Waals surface area contributed by atoms with E-state index in [0.29, 0.717) is 17.2 Å². The van der Waals surface area contributed by atoms with E-state index in [1.807, 2.05) is 12.1 Å². The molecular weight excluding hydrogens is 236 g/mol. The molecule has 1 amide bonds. The molecule has 1 saturated carbocycles. The Balaban J connectivity index is 1.96. The number of nitrogen functional groups attached to an aromatic ring is 1. The van der Waals surface area contributed by atoms with Crippen molar-refractivity contribution in [1.82, 2.24) is 5.32 Å². The number of hydrogen-bond donors (Lipinski definition) is 2. The monoisotopic (exact) mass is 260 g/mol. The summed E-state index contributed by atoms with van der Waals surface area (Å²) in [4.78, 5) is 12.2. The quantitative estimate of drug-likeness (QED) is 0.647. The van der Waals surface area contributed by atoms with Crippen molar-refractivity contribution in [3.8, 4) is 0 Å². The molecule has 0 heterocycles. The first-order valence-corrected chi connectivity index (χ1v) is 7.34. The molecule has 1 atom stereocenters. The summed E-state index contributed by atoms with van der Waals surface area (Å²) in [5.41, 5.74) is 6.98. The molecule has 0 radical (unpaired) electrons. The molecule has 1 aromatic carbocycles. The zero-order valence-corrected chi connectivity index (χ0v) is 11.7. The van der Waals surface area contributed by atoms with Gasteiger partial charge < -0.3 is 11.1 Å². The van der Waals surface area contributed by atoms with Crippen LogP contribution in [-0.4, -0.2) is 11.9 Å². The van der Waals surface area contributed by atoms with Gasteiger partial charge in [-0.05, 0) is 37.8 Å². The fourth-order valence-corrected chi connectivity index (χ4v) is 2.92.